The van der Waals surface area contributed by atoms with Gasteiger partial charge in [0.05, 0.1) is 13.7 Å². The van der Waals surface area contributed by atoms with Gasteiger partial charge >= 0.3 is 6.09 Å². The molecule has 41 heavy (non-hydrogen) atoms. The highest BCUT2D eigenvalue weighted by atomic mass is 19.1. The van der Waals surface area contributed by atoms with E-state index >= 15 is 0 Å². The van der Waals surface area contributed by atoms with Gasteiger partial charge in [0.25, 0.3) is 5.91 Å². The molecule has 0 saturated heterocycles. The van der Waals surface area contributed by atoms with Crippen molar-refractivity contribution in [3.63, 3.8) is 0 Å². The van der Waals surface area contributed by atoms with E-state index in [1.165, 1.54) is 13.2 Å². The van der Waals surface area contributed by atoms with Crippen LogP contribution in [0.25, 0.3) is 11.5 Å². The molecule has 4 rings (SSSR count). The first-order valence-electron chi connectivity index (χ1n) is 13.4. The molecule has 2 aromatic carbocycles. The molecule has 9 nitrogen and oxygen atoms in total. The van der Waals surface area contributed by atoms with Gasteiger partial charge in [0, 0.05) is 23.7 Å². The minimum atomic E-state index is -1.04. The number of methoxy groups -OCH3 is 1. The summed E-state index contributed by atoms with van der Waals surface area (Å²) < 4.78 is 50.4. The smallest absolute Gasteiger partial charge is 0.405 e. The van der Waals surface area contributed by atoms with Crippen LogP contribution in [0.5, 0.6) is 11.5 Å². The molecule has 1 aromatic heterocycles. The van der Waals surface area contributed by atoms with Crippen LogP contribution in [0, 0.1) is 23.0 Å². The Balaban J connectivity index is 1.69. The zero-order chi connectivity index (χ0) is 29.7. The third-order valence-electron chi connectivity index (χ3n) is 6.61. The summed E-state index contributed by atoms with van der Waals surface area (Å²) in [7, 11) is 1.54. The molecule has 0 spiro atoms. The van der Waals surface area contributed by atoms with Crippen molar-refractivity contribution < 1.29 is 37.0 Å². The van der Waals surface area contributed by atoms with Gasteiger partial charge in [0.15, 0.2) is 29.1 Å². The minimum absolute atomic E-state index is 0.00334. The highest BCUT2D eigenvalue weighted by Gasteiger charge is 2.31. The van der Waals surface area contributed by atoms with Crippen LogP contribution in [0.4, 0.5) is 13.6 Å². The number of benzene rings is 2. The first-order chi connectivity index (χ1) is 19.4. The topological polar surface area (TPSA) is 126 Å². The summed E-state index contributed by atoms with van der Waals surface area (Å²) >= 11 is 0. The number of oxazole rings is 1. The fourth-order valence-electron chi connectivity index (χ4n) is 4.12. The van der Waals surface area contributed by atoms with E-state index in [1.54, 1.807) is 18.2 Å². The summed E-state index contributed by atoms with van der Waals surface area (Å²) in [6.45, 7) is 6.37. The summed E-state index contributed by atoms with van der Waals surface area (Å²) in [6.07, 6.45) is 1.07. The van der Waals surface area contributed by atoms with E-state index in [4.69, 9.17) is 24.4 Å². The molecule has 0 unspecified atom stereocenters. The maximum absolute atomic E-state index is 14.2. The molecule has 3 aromatic rings. The van der Waals surface area contributed by atoms with Crippen molar-refractivity contribution in [1.82, 2.24) is 10.3 Å². The van der Waals surface area contributed by atoms with E-state index in [-0.39, 0.29) is 34.9 Å². The fourth-order valence-corrected chi connectivity index (χ4v) is 4.12. The van der Waals surface area contributed by atoms with E-state index in [0.29, 0.717) is 42.4 Å². The van der Waals surface area contributed by atoms with Crippen molar-refractivity contribution >= 4 is 12.0 Å². The van der Waals surface area contributed by atoms with E-state index in [1.807, 2.05) is 20.8 Å². The first-order valence-corrected chi connectivity index (χ1v) is 13.4. The molecule has 3 N–H and O–H groups in total. The Bertz CT molecular complexity index is 1400. The van der Waals surface area contributed by atoms with Gasteiger partial charge in [-0.05, 0) is 61.3 Å². The van der Waals surface area contributed by atoms with Gasteiger partial charge in [-0.25, -0.2) is 18.6 Å². The number of halogens is 2. The second-order valence-electron chi connectivity index (χ2n) is 11.3. The maximum Gasteiger partial charge on any atom is 0.405 e. The molecule has 11 heteroatoms. The Morgan fingerprint density at radius 3 is 2.54 bits per heavy atom. The predicted octanol–water partition coefficient (Wildman–Crippen LogP) is 6.31. The Kier molecular flexibility index (Phi) is 9.14. The summed E-state index contributed by atoms with van der Waals surface area (Å²) in [5.74, 6) is -0.636. The van der Waals surface area contributed by atoms with Crippen molar-refractivity contribution in [1.29, 1.82) is 0 Å². The summed E-state index contributed by atoms with van der Waals surface area (Å²) in [5, 5.41) is 2.59. The molecule has 0 bridgehead atoms. The van der Waals surface area contributed by atoms with Gasteiger partial charge in [0.1, 0.15) is 11.6 Å². The largest absolute Gasteiger partial charge is 0.493 e. The number of carbonyl (C=O) groups is 2. The van der Waals surface area contributed by atoms with E-state index in [9.17, 15) is 18.4 Å². The number of rotatable bonds is 12. The average Bonchev–Trinajstić information content (AvgIpc) is 3.64. The highest BCUT2D eigenvalue weighted by molar-refractivity contribution is 5.94. The lowest BCUT2D eigenvalue weighted by molar-refractivity contribution is 0.0764. The van der Waals surface area contributed by atoms with Gasteiger partial charge in [-0.1, -0.05) is 26.8 Å². The van der Waals surface area contributed by atoms with Crippen LogP contribution in [0.15, 0.2) is 40.8 Å². The molecular weight excluding hydrogens is 536 g/mol. The van der Waals surface area contributed by atoms with Crippen LogP contribution in [0.1, 0.15) is 74.4 Å². The van der Waals surface area contributed by atoms with Crippen LogP contribution in [-0.4, -0.2) is 30.7 Å². The number of nitrogens with zero attached hydrogens (tertiary/aromatic N) is 1. The van der Waals surface area contributed by atoms with E-state index in [0.717, 1.165) is 25.0 Å². The molecule has 1 fully saturated rings. The third-order valence-corrected chi connectivity index (χ3v) is 6.61. The second kappa shape index (κ2) is 12.6. The molecule has 1 saturated carbocycles. The van der Waals surface area contributed by atoms with Crippen LogP contribution < -0.4 is 20.5 Å². The van der Waals surface area contributed by atoms with Crippen molar-refractivity contribution in [2.75, 3.05) is 13.7 Å². The Labute approximate surface area is 237 Å². The van der Waals surface area contributed by atoms with Gasteiger partial charge in [-0.15, -0.1) is 0 Å². The number of nitrogens with two attached hydrogens (primary N) is 1. The van der Waals surface area contributed by atoms with Crippen molar-refractivity contribution in [3.8, 4) is 23.0 Å². The molecule has 1 aliphatic rings. The molecule has 0 aliphatic heterocycles. The number of primary amides is 1. The molecule has 0 radical (unpaired) electrons. The molecule has 1 heterocycles. The quantitative estimate of drug-likeness (QED) is 0.261. The molecule has 2 amide bonds. The van der Waals surface area contributed by atoms with Crippen LogP contribution in [0.2, 0.25) is 0 Å². The first kappa shape index (κ1) is 29.8. The summed E-state index contributed by atoms with van der Waals surface area (Å²) in [4.78, 5) is 29.6. The van der Waals surface area contributed by atoms with Gasteiger partial charge < -0.3 is 29.7 Å². The van der Waals surface area contributed by atoms with Crippen LogP contribution >= 0.6 is 0 Å². The minimum Gasteiger partial charge on any atom is -0.493 e. The van der Waals surface area contributed by atoms with E-state index < -0.39 is 29.7 Å². The Morgan fingerprint density at radius 2 is 1.90 bits per heavy atom. The lowest BCUT2D eigenvalue weighted by Gasteiger charge is -2.22. The third kappa shape index (κ3) is 8.18. The number of ether oxygens (including phenoxy) is 3. The van der Waals surface area contributed by atoms with E-state index in [2.05, 4.69) is 10.3 Å². The van der Waals surface area contributed by atoms with Crippen molar-refractivity contribution in [2.45, 2.75) is 59.1 Å². The summed E-state index contributed by atoms with van der Waals surface area (Å²) in [6, 6.07) is 8.17. The average molecular weight is 572 g/mol. The fraction of sp³-hybridized carbons (Fsp3) is 0.433. The lowest BCUT2D eigenvalue weighted by Crippen LogP contribution is -2.26. The molecular formula is C30H35F2N3O6. The van der Waals surface area contributed by atoms with Crippen LogP contribution in [0.3, 0.4) is 0 Å². The maximum atomic E-state index is 14.2. The highest BCUT2D eigenvalue weighted by Crippen LogP contribution is 2.38. The standard InChI is InChI=1S/C30H35F2N3O6/c1-30(2,3)12-11-23(40-29(33)37)26-25(27(36)34-15-19-7-9-20(31)14-21(19)32)35-28(41-26)18-8-10-22(38-4)24(13-18)39-16-17-5-6-17/h7-10,13-14,17,23H,5-6,11-12,15-16H2,1-4H3,(H2,33,37)(H,34,36)/t23-/m0/s1. The lowest BCUT2D eigenvalue weighted by atomic mass is 9.88. The number of nitrogens with one attached hydrogen (secondary N) is 1. The van der Waals surface area contributed by atoms with Crippen LogP contribution in [-0.2, 0) is 11.3 Å². The monoisotopic (exact) mass is 571 g/mol. The van der Waals surface area contributed by atoms with Crippen molar-refractivity contribution in [3.05, 3.63) is 65.1 Å². The molecule has 1 aliphatic carbocycles. The molecule has 220 valence electrons. The number of hydrogen-bond acceptors (Lipinski definition) is 7. The zero-order valence-electron chi connectivity index (χ0n) is 23.6. The Hall–Kier alpha value is -4.15. The predicted molar refractivity (Wildman–Crippen MR) is 146 cm³/mol. The number of hydrogen-bond donors (Lipinski definition) is 2. The molecule has 1 atom stereocenters. The zero-order valence-corrected chi connectivity index (χ0v) is 23.6. The number of amides is 2. The van der Waals surface area contributed by atoms with Gasteiger partial charge in [-0.2, -0.15) is 0 Å². The number of aromatic nitrogens is 1. The second-order valence-corrected chi connectivity index (χ2v) is 11.3. The number of carbonyl (C=O) groups excluding carboxylic acids is 2. The summed E-state index contributed by atoms with van der Waals surface area (Å²) in [5.41, 5.74) is 5.66. The van der Waals surface area contributed by atoms with Gasteiger partial charge in [0.2, 0.25) is 5.89 Å². The Morgan fingerprint density at radius 1 is 1.15 bits per heavy atom. The van der Waals surface area contributed by atoms with Crippen molar-refractivity contribution in [2.24, 2.45) is 17.1 Å². The normalized spacial score (nSPS) is 13.9. The van der Waals surface area contributed by atoms with Gasteiger partial charge in [-0.3, -0.25) is 4.79 Å². The SMILES string of the molecule is COc1ccc(-c2nc(C(=O)NCc3ccc(F)cc3F)c([C@H](CCC(C)(C)C)OC(N)=O)o2)cc1OCC1CC1.